The molecule has 0 saturated heterocycles. The van der Waals surface area contributed by atoms with Crippen molar-refractivity contribution in [3.8, 4) is 0 Å². The Morgan fingerprint density at radius 2 is 2.13 bits per heavy atom. The number of rotatable bonds is 3. The van der Waals surface area contributed by atoms with Crippen LogP contribution in [-0.2, 0) is 16.5 Å². The second kappa shape index (κ2) is 4.30. The van der Waals surface area contributed by atoms with Crippen molar-refractivity contribution in [3.63, 3.8) is 0 Å². The van der Waals surface area contributed by atoms with Crippen molar-refractivity contribution in [1.82, 2.24) is 0 Å². The predicted molar refractivity (Wildman–Crippen MR) is 64.5 cm³/mol. The fourth-order valence-corrected chi connectivity index (χ4v) is 3.90. The highest BCUT2D eigenvalue weighted by molar-refractivity contribution is 7.86. The summed E-state index contributed by atoms with van der Waals surface area (Å²) in [5.74, 6) is 0. The van der Waals surface area contributed by atoms with E-state index in [4.69, 9.17) is 4.55 Å². The van der Waals surface area contributed by atoms with Gasteiger partial charge in [-0.05, 0) is 35.7 Å². The smallest absolute Gasteiger partial charge is 0.282 e. The molecule has 0 aromatic heterocycles. The second-order valence-electron chi connectivity index (χ2n) is 3.45. The molecule has 0 amide bonds. The molecular weight excluding hydrogens is 228 g/mol. The molecule has 0 heterocycles. The van der Waals surface area contributed by atoms with Gasteiger partial charge in [-0.25, -0.2) is 0 Å². The van der Waals surface area contributed by atoms with E-state index >= 15 is 0 Å². The maximum atomic E-state index is 11.1. The van der Waals surface area contributed by atoms with Gasteiger partial charge in [0.1, 0.15) is 0 Å². The van der Waals surface area contributed by atoms with E-state index in [0.717, 1.165) is 16.3 Å². The van der Waals surface area contributed by atoms with Gasteiger partial charge in [0.2, 0.25) is 0 Å². The zero-order valence-corrected chi connectivity index (χ0v) is 11.6. The maximum Gasteiger partial charge on any atom is 0.294 e. The van der Waals surface area contributed by atoms with Gasteiger partial charge < -0.3 is 0 Å². The van der Waals surface area contributed by atoms with Crippen molar-refractivity contribution in [1.29, 1.82) is 0 Å². The lowest BCUT2D eigenvalue weighted by atomic mass is 10.1. The average molecular weight is 242 g/mol. The third kappa shape index (κ3) is 2.56. The predicted octanol–water partition coefficient (Wildman–Crippen LogP) is -0.0391. The average Bonchev–Trinajstić information content (AvgIpc) is 2.09. The molecule has 0 saturated carbocycles. The Balaban J connectivity index is 3.48. The summed E-state index contributed by atoms with van der Waals surface area (Å²) in [7, 11) is -3.51. The van der Waals surface area contributed by atoms with E-state index in [2.05, 4.69) is 6.58 Å². The molecule has 1 aromatic rings. The Bertz CT molecular complexity index is 492. The molecule has 1 rings (SSSR count). The number of benzene rings is 1. The molecule has 0 atom stereocenters. The lowest BCUT2D eigenvalue weighted by Crippen LogP contribution is -2.20. The highest BCUT2D eigenvalue weighted by Gasteiger charge is 2.15. The Morgan fingerprint density at radius 1 is 1.53 bits per heavy atom. The number of hydrogen-bond acceptors (Lipinski definition) is 2. The molecule has 0 unspecified atom stereocenters. The third-order valence-electron chi connectivity index (χ3n) is 2.41. The molecule has 0 aliphatic heterocycles. The van der Waals surface area contributed by atoms with Gasteiger partial charge in [0.05, 0.1) is 4.90 Å². The molecule has 0 fully saturated rings. The fraction of sp³-hybridized carbons (Fsp3) is 0.200. The SMILES string of the molecule is C=CCc1c(C)ccc(S(=O)(=O)O)c1[SiH3]. The van der Waals surface area contributed by atoms with E-state index in [1.54, 1.807) is 12.1 Å². The third-order valence-corrected chi connectivity index (χ3v) is 4.91. The zero-order valence-electron chi connectivity index (χ0n) is 8.82. The molecule has 3 nitrogen and oxygen atoms in total. The van der Waals surface area contributed by atoms with Crippen LogP contribution in [0.1, 0.15) is 11.1 Å². The van der Waals surface area contributed by atoms with Crippen molar-refractivity contribution in [2.75, 3.05) is 0 Å². The summed E-state index contributed by atoms with van der Waals surface area (Å²) in [6.45, 7) is 5.56. The monoisotopic (exact) mass is 242 g/mol. The van der Waals surface area contributed by atoms with Gasteiger partial charge in [0.15, 0.2) is 0 Å². The summed E-state index contributed by atoms with van der Waals surface area (Å²) in [5.41, 5.74) is 2.00. The van der Waals surface area contributed by atoms with Gasteiger partial charge in [-0.1, -0.05) is 12.1 Å². The summed E-state index contributed by atoms with van der Waals surface area (Å²) in [5, 5.41) is 0.734. The molecule has 0 aliphatic carbocycles. The van der Waals surface area contributed by atoms with Gasteiger partial charge >= 0.3 is 0 Å². The summed E-state index contributed by atoms with van der Waals surface area (Å²) in [4.78, 5) is 0.0385. The van der Waals surface area contributed by atoms with Crippen LogP contribution >= 0.6 is 0 Å². The van der Waals surface area contributed by atoms with Gasteiger partial charge in [-0.15, -0.1) is 6.58 Å². The molecule has 0 spiro atoms. The number of allylic oxidation sites excluding steroid dienone is 1. The summed E-state index contributed by atoms with van der Waals surface area (Å²) in [6, 6.07) is 3.17. The van der Waals surface area contributed by atoms with Crippen LogP contribution in [0.2, 0.25) is 0 Å². The first-order valence-corrected chi connectivity index (χ1v) is 6.99. The highest BCUT2D eigenvalue weighted by atomic mass is 32.2. The standard InChI is InChI=1S/C10H14O3SSi/c1-3-4-8-7(2)5-6-9(10(8)15)14(11,12)13/h3,5-6H,1,4H2,2,15H3,(H,11,12,13). The Kier molecular flexibility index (Phi) is 3.49. The Morgan fingerprint density at radius 3 is 2.60 bits per heavy atom. The summed E-state index contributed by atoms with van der Waals surface area (Å²) >= 11 is 0. The topological polar surface area (TPSA) is 54.4 Å². The van der Waals surface area contributed by atoms with Crippen molar-refractivity contribution in [2.24, 2.45) is 0 Å². The van der Waals surface area contributed by atoms with Gasteiger partial charge in [-0.3, -0.25) is 4.55 Å². The number of aryl methyl sites for hydroxylation is 1. The van der Waals surface area contributed by atoms with Crippen molar-refractivity contribution >= 4 is 25.5 Å². The second-order valence-corrected chi connectivity index (χ2v) is 5.84. The summed E-state index contributed by atoms with van der Waals surface area (Å²) in [6.07, 6.45) is 2.37. The van der Waals surface area contributed by atoms with Gasteiger partial charge in [0.25, 0.3) is 10.1 Å². The van der Waals surface area contributed by atoms with Crippen molar-refractivity contribution in [3.05, 3.63) is 35.9 Å². The molecule has 0 aliphatic rings. The van der Waals surface area contributed by atoms with Crippen LogP contribution in [-0.4, -0.2) is 23.2 Å². The normalized spacial score (nSPS) is 11.6. The number of hydrogen-bond donors (Lipinski definition) is 1. The van der Waals surface area contributed by atoms with E-state index in [9.17, 15) is 8.42 Å². The molecule has 82 valence electrons. The van der Waals surface area contributed by atoms with Crippen LogP contribution in [0, 0.1) is 6.92 Å². The Hall–Kier alpha value is -0.913. The summed E-state index contributed by atoms with van der Waals surface area (Å²) < 4.78 is 31.2. The van der Waals surface area contributed by atoms with E-state index in [0.29, 0.717) is 16.7 Å². The molecular formula is C10H14O3SSi. The maximum absolute atomic E-state index is 11.1. The molecule has 0 radical (unpaired) electrons. The first-order chi connectivity index (χ1) is 6.88. The molecule has 5 heteroatoms. The van der Waals surface area contributed by atoms with Gasteiger partial charge in [0, 0.05) is 10.2 Å². The lowest BCUT2D eigenvalue weighted by Gasteiger charge is -2.11. The van der Waals surface area contributed by atoms with E-state index in [-0.39, 0.29) is 4.90 Å². The van der Waals surface area contributed by atoms with Crippen molar-refractivity contribution in [2.45, 2.75) is 18.2 Å². The quantitative estimate of drug-likeness (QED) is 0.460. The fourth-order valence-electron chi connectivity index (χ4n) is 1.61. The van der Waals surface area contributed by atoms with Crippen LogP contribution < -0.4 is 5.19 Å². The minimum Gasteiger partial charge on any atom is -0.282 e. The van der Waals surface area contributed by atoms with Crippen LogP contribution in [0.5, 0.6) is 0 Å². The molecule has 0 bridgehead atoms. The largest absolute Gasteiger partial charge is 0.294 e. The molecule has 15 heavy (non-hydrogen) atoms. The van der Waals surface area contributed by atoms with E-state index < -0.39 is 10.1 Å². The lowest BCUT2D eigenvalue weighted by molar-refractivity contribution is 0.484. The van der Waals surface area contributed by atoms with Crippen LogP contribution in [0.3, 0.4) is 0 Å². The van der Waals surface area contributed by atoms with Crippen LogP contribution in [0.25, 0.3) is 0 Å². The van der Waals surface area contributed by atoms with E-state index in [1.807, 2.05) is 6.92 Å². The van der Waals surface area contributed by atoms with E-state index in [1.165, 1.54) is 6.07 Å². The first kappa shape index (κ1) is 12.2. The van der Waals surface area contributed by atoms with Crippen LogP contribution in [0.15, 0.2) is 29.7 Å². The minimum atomic E-state index is -4.09. The zero-order chi connectivity index (χ0) is 11.6. The highest BCUT2D eigenvalue weighted by Crippen LogP contribution is 2.12. The van der Waals surface area contributed by atoms with Crippen molar-refractivity contribution < 1.29 is 13.0 Å². The van der Waals surface area contributed by atoms with Gasteiger partial charge in [-0.2, -0.15) is 8.42 Å². The molecule has 1 aromatic carbocycles. The Labute approximate surface area is 93.0 Å². The first-order valence-electron chi connectivity index (χ1n) is 4.55. The molecule has 1 N–H and O–H groups in total. The minimum absolute atomic E-state index is 0.0385. The van der Waals surface area contributed by atoms with Crippen LogP contribution in [0.4, 0.5) is 0 Å².